The maximum Gasteiger partial charge on any atom is 0.410 e. The molecular weight excluding hydrogens is 292 g/mol. The molecule has 6 heteroatoms. The predicted octanol–water partition coefficient (Wildman–Crippen LogP) is 2.74. The Morgan fingerprint density at radius 3 is 2.83 bits per heavy atom. The summed E-state index contributed by atoms with van der Waals surface area (Å²) in [6.45, 7) is 6.81. The van der Waals surface area contributed by atoms with E-state index in [1.54, 1.807) is 11.1 Å². The highest BCUT2D eigenvalue weighted by molar-refractivity contribution is 5.72. The number of nitrogens with zero attached hydrogens (tertiary/aromatic N) is 3. The third-order valence-corrected chi connectivity index (χ3v) is 4.20. The molecule has 2 aliphatic rings. The molecule has 120 valence electrons. The third kappa shape index (κ3) is 2.17. The van der Waals surface area contributed by atoms with Gasteiger partial charge in [-0.2, -0.15) is 0 Å². The van der Waals surface area contributed by atoms with Crippen molar-refractivity contribution in [3.8, 4) is 5.82 Å². The normalized spacial score (nSPS) is 17.8. The van der Waals surface area contributed by atoms with Crippen LogP contribution in [0.1, 0.15) is 26.5 Å². The molecule has 0 aromatic carbocycles. The molecule has 1 N–H and O–H groups in total. The number of amides is 1. The van der Waals surface area contributed by atoms with E-state index in [1.807, 2.05) is 45.2 Å². The molecule has 1 fully saturated rings. The minimum atomic E-state index is -0.476. The van der Waals surface area contributed by atoms with Gasteiger partial charge < -0.3 is 19.5 Å². The second-order valence-corrected chi connectivity index (χ2v) is 7.18. The third-order valence-electron chi connectivity index (χ3n) is 4.20. The monoisotopic (exact) mass is 312 g/mol. The van der Waals surface area contributed by atoms with Gasteiger partial charge in [-0.15, -0.1) is 0 Å². The van der Waals surface area contributed by atoms with Crippen LogP contribution in [0.5, 0.6) is 0 Å². The van der Waals surface area contributed by atoms with Crippen LogP contribution in [0, 0.1) is 0 Å². The standard InChI is InChI=1S/C17H20N4O2/c1-16(2,3)23-15(22)20-10-17(11-20)13-7-5-9-21(13)14-12(19-17)6-4-8-18-14/h4-9,19H,10-11H2,1-3H3. The number of hydrogen-bond donors (Lipinski definition) is 1. The topological polar surface area (TPSA) is 59.4 Å². The minimum Gasteiger partial charge on any atom is -0.444 e. The predicted molar refractivity (Wildman–Crippen MR) is 86.7 cm³/mol. The molecule has 0 bridgehead atoms. The molecule has 4 rings (SSSR count). The summed E-state index contributed by atoms with van der Waals surface area (Å²) in [4.78, 5) is 18.4. The summed E-state index contributed by atoms with van der Waals surface area (Å²) in [5.41, 5.74) is 1.37. The molecule has 1 spiro atoms. The van der Waals surface area contributed by atoms with Gasteiger partial charge >= 0.3 is 6.09 Å². The van der Waals surface area contributed by atoms with Crippen molar-refractivity contribution in [2.75, 3.05) is 18.4 Å². The first-order chi connectivity index (χ1) is 10.9. The van der Waals surface area contributed by atoms with Crippen LogP contribution < -0.4 is 5.32 Å². The Labute approximate surface area is 135 Å². The van der Waals surface area contributed by atoms with E-state index in [4.69, 9.17) is 4.74 Å². The number of carbonyl (C=O) groups excluding carboxylic acids is 1. The van der Waals surface area contributed by atoms with E-state index >= 15 is 0 Å². The van der Waals surface area contributed by atoms with Crippen molar-refractivity contribution < 1.29 is 9.53 Å². The second kappa shape index (κ2) is 4.50. The lowest BCUT2D eigenvalue weighted by Crippen LogP contribution is -2.67. The van der Waals surface area contributed by atoms with Crippen LogP contribution in [0.15, 0.2) is 36.7 Å². The fourth-order valence-electron chi connectivity index (χ4n) is 3.27. The molecule has 23 heavy (non-hydrogen) atoms. The highest BCUT2D eigenvalue weighted by Gasteiger charge is 2.51. The van der Waals surface area contributed by atoms with Gasteiger partial charge in [0.05, 0.1) is 24.5 Å². The van der Waals surface area contributed by atoms with Crippen LogP contribution >= 0.6 is 0 Å². The van der Waals surface area contributed by atoms with Gasteiger partial charge in [0.15, 0.2) is 5.82 Å². The van der Waals surface area contributed by atoms with Crippen molar-refractivity contribution in [3.63, 3.8) is 0 Å². The van der Waals surface area contributed by atoms with Gasteiger partial charge in [0.2, 0.25) is 0 Å². The van der Waals surface area contributed by atoms with Crippen LogP contribution in [0.3, 0.4) is 0 Å². The van der Waals surface area contributed by atoms with E-state index in [9.17, 15) is 4.79 Å². The number of nitrogens with one attached hydrogen (secondary N) is 1. The van der Waals surface area contributed by atoms with Gasteiger partial charge in [-0.25, -0.2) is 9.78 Å². The van der Waals surface area contributed by atoms with E-state index in [0.29, 0.717) is 13.1 Å². The molecular formula is C17H20N4O2. The largest absolute Gasteiger partial charge is 0.444 e. The number of likely N-dealkylation sites (tertiary alicyclic amines) is 1. The van der Waals surface area contributed by atoms with Crippen molar-refractivity contribution in [2.45, 2.75) is 31.9 Å². The van der Waals surface area contributed by atoms with Gasteiger partial charge in [0, 0.05) is 12.4 Å². The van der Waals surface area contributed by atoms with Crippen LogP contribution in [-0.4, -0.2) is 39.2 Å². The summed E-state index contributed by atoms with van der Waals surface area (Å²) >= 11 is 0. The van der Waals surface area contributed by atoms with Crippen LogP contribution in [-0.2, 0) is 10.3 Å². The lowest BCUT2D eigenvalue weighted by atomic mass is 9.84. The first-order valence-corrected chi connectivity index (χ1v) is 7.77. The average molecular weight is 312 g/mol. The Kier molecular flexibility index (Phi) is 2.76. The minimum absolute atomic E-state index is 0.264. The van der Waals surface area contributed by atoms with Crippen molar-refractivity contribution in [2.24, 2.45) is 0 Å². The van der Waals surface area contributed by atoms with E-state index < -0.39 is 5.60 Å². The molecule has 1 saturated heterocycles. The molecule has 0 aliphatic carbocycles. The number of hydrogen-bond acceptors (Lipinski definition) is 4. The fraction of sp³-hybridized carbons (Fsp3) is 0.412. The van der Waals surface area contributed by atoms with Gasteiger partial charge in [0.25, 0.3) is 0 Å². The molecule has 0 saturated carbocycles. The molecule has 0 atom stereocenters. The maximum atomic E-state index is 12.2. The second-order valence-electron chi connectivity index (χ2n) is 7.18. The van der Waals surface area contributed by atoms with Crippen molar-refractivity contribution in [1.82, 2.24) is 14.5 Å². The van der Waals surface area contributed by atoms with Gasteiger partial charge in [0.1, 0.15) is 11.1 Å². The lowest BCUT2D eigenvalue weighted by Gasteiger charge is -2.52. The van der Waals surface area contributed by atoms with Gasteiger partial charge in [-0.05, 0) is 45.0 Å². The maximum absolute atomic E-state index is 12.2. The van der Waals surface area contributed by atoms with Gasteiger partial charge in [-0.1, -0.05) is 0 Å². The average Bonchev–Trinajstić information content (AvgIpc) is 2.91. The number of pyridine rings is 1. The van der Waals surface area contributed by atoms with Crippen LogP contribution in [0.25, 0.3) is 5.82 Å². The summed E-state index contributed by atoms with van der Waals surface area (Å²) in [5.74, 6) is 0.897. The SMILES string of the molecule is CC(C)(C)OC(=O)N1CC2(C1)Nc1cccnc1-n1cccc12. The molecule has 0 radical (unpaired) electrons. The van der Waals surface area contributed by atoms with Crippen molar-refractivity contribution in [3.05, 3.63) is 42.4 Å². The summed E-state index contributed by atoms with van der Waals surface area (Å²) in [6.07, 6.45) is 3.54. The molecule has 2 aliphatic heterocycles. The molecule has 6 nitrogen and oxygen atoms in total. The van der Waals surface area contributed by atoms with Crippen molar-refractivity contribution >= 4 is 11.8 Å². The Morgan fingerprint density at radius 2 is 2.09 bits per heavy atom. The van der Waals surface area contributed by atoms with E-state index in [0.717, 1.165) is 17.2 Å². The summed E-state index contributed by atoms with van der Waals surface area (Å²) < 4.78 is 7.55. The Balaban J connectivity index is 1.60. The van der Waals surface area contributed by atoms with Gasteiger partial charge in [-0.3, -0.25) is 0 Å². The van der Waals surface area contributed by atoms with Crippen molar-refractivity contribution in [1.29, 1.82) is 0 Å². The van der Waals surface area contributed by atoms with Crippen LogP contribution in [0.4, 0.5) is 10.5 Å². The number of carbonyl (C=O) groups is 1. The van der Waals surface area contributed by atoms with Crippen LogP contribution in [0.2, 0.25) is 0 Å². The highest BCUT2D eigenvalue weighted by Crippen LogP contribution is 2.42. The Bertz CT molecular complexity index is 769. The van der Waals surface area contributed by atoms with E-state index in [1.165, 1.54) is 0 Å². The Hall–Kier alpha value is -2.50. The number of rotatable bonds is 0. The quantitative estimate of drug-likeness (QED) is 0.812. The number of ether oxygens (including phenoxy) is 1. The molecule has 0 unspecified atom stereocenters. The first kappa shape index (κ1) is 14.1. The summed E-state index contributed by atoms with van der Waals surface area (Å²) in [7, 11) is 0. The lowest BCUT2D eigenvalue weighted by molar-refractivity contribution is -0.00609. The zero-order valence-electron chi connectivity index (χ0n) is 13.5. The smallest absolute Gasteiger partial charge is 0.410 e. The Morgan fingerprint density at radius 1 is 1.30 bits per heavy atom. The van der Waals surface area contributed by atoms with E-state index in [2.05, 4.69) is 20.9 Å². The summed E-state index contributed by atoms with van der Waals surface area (Å²) in [6, 6.07) is 8.03. The number of anilines is 1. The molecule has 4 heterocycles. The first-order valence-electron chi connectivity index (χ1n) is 7.77. The molecule has 1 amide bonds. The summed E-state index contributed by atoms with van der Waals surface area (Å²) in [5, 5.41) is 3.57. The zero-order chi connectivity index (χ0) is 16.2. The number of fused-ring (bicyclic) bond motifs is 4. The molecule has 2 aromatic heterocycles. The highest BCUT2D eigenvalue weighted by atomic mass is 16.6. The molecule has 2 aromatic rings. The van der Waals surface area contributed by atoms with E-state index in [-0.39, 0.29) is 11.6 Å². The number of aromatic nitrogens is 2. The zero-order valence-corrected chi connectivity index (χ0v) is 13.5. The fourth-order valence-corrected chi connectivity index (χ4v) is 3.27.